The van der Waals surface area contributed by atoms with Crippen LogP contribution >= 0.6 is 0 Å². The van der Waals surface area contributed by atoms with Crippen molar-refractivity contribution >= 4 is 11.9 Å². The van der Waals surface area contributed by atoms with Crippen molar-refractivity contribution < 1.29 is 14.7 Å². The van der Waals surface area contributed by atoms with Crippen molar-refractivity contribution in [3.8, 4) is 11.3 Å². The van der Waals surface area contributed by atoms with E-state index in [2.05, 4.69) is 15.5 Å². The van der Waals surface area contributed by atoms with Crippen LogP contribution in [0.5, 0.6) is 0 Å². The molecule has 0 bridgehead atoms. The highest BCUT2D eigenvalue weighted by atomic mass is 16.4. The maximum Gasteiger partial charge on any atom is 0.325 e. The van der Waals surface area contributed by atoms with Crippen LogP contribution in [-0.4, -0.2) is 33.2 Å². The monoisotopic (exact) mass is 287 g/mol. The fourth-order valence-corrected chi connectivity index (χ4v) is 1.82. The summed E-state index contributed by atoms with van der Waals surface area (Å²) < 4.78 is 0. The first kappa shape index (κ1) is 14.8. The number of nitrogens with one attached hydrogen (secondary N) is 2. The van der Waals surface area contributed by atoms with Crippen molar-refractivity contribution in [1.82, 2.24) is 15.5 Å². The summed E-state index contributed by atoms with van der Waals surface area (Å²) in [6.07, 6.45) is 0. The quantitative estimate of drug-likeness (QED) is 0.800. The first-order valence-electron chi connectivity index (χ1n) is 6.55. The summed E-state index contributed by atoms with van der Waals surface area (Å²) in [4.78, 5) is 22.6. The van der Waals surface area contributed by atoms with Gasteiger partial charge in [0.05, 0.1) is 5.69 Å². The topological polar surface area (TPSA) is 95.1 Å². The molecule has 0 saturated heterocycles. The lowest BCUT2D eigenvalue weighted by Crippen LogP contribution is -2.38. The molecule has 0 aliphatic heterocycles. The van der Waals surface area contributed by atoms with E-state index in [9.17, 15) is 9.59 Å². The highest BCUT2D eigenvalue weighted by molar-refractivity contribution is 5.95. The molecule has 1 heterocycles. The Bertz CT molecular complexity index is 691. The Morgan fingerprint density at radius 3 is 2.57 bits per heavy atom. The minimum Gasteiger partial charge on any atom is -0.480 e. The van der Waals surface area contributed by atoms with Gasteiger partial charge in [-0.3, -0.25) is 14.7 Å². The molecule has 2 aromatic rings. The number of carbonyl (C=O) groups is 2. The smallest absolute Gasteiger partial charge is 0.325 e. The van der Waals surface area contributed by atoms with Gasteiger partial charge in [-0.25, -0.2) is 0 Å². The van der Waals surface area contributed by atoms with Crippen molar-refractivity contribution in [1.29, 1.82) is 0 Å². The Hall–Kier alpha value is -2.63. The van der Waals surface area contributed by atoms with E-state index >= 15 is 0 Å². The molecule has 0 saturated carbocycles. The van der Waals surface area contributed by atoms with Crippen LogP contribution in [-0.2, 0) is 4.79 Å². The third kappa shape index (κ3) is 3.28. The molecule has 110 valence electrons. The van der Waals surface area contributed by atoms with E-state index in [0.29, 0.717) is 5.69 Å². The molecule has 1 amide bonds. The van der Waals surface area contributed by atoms with E-state index in [1.165, 1.54) is 12.5 Å². The SMILES string of the molecule is Cc1ccc(-c2cc(C(=O)N[C@H](C)C(=O)O)[nH]n2)cc1C. The van der Waals surface area contributed by atoms with E-state index in [0.717, 1.165) is 11.1 Å². The summed E-state index contributed by atoms with van der Waals surface area (Å²) in [7, 11) is 0. The molecule has 0 radical (unpaired) electrons. The van der Waals surface area contributed by atoms with Crippen molar-refractivity contribution in [2.75, 3.05) is 0 Å². The molecule has 6 heteroatoms. The highest BCUT2D eigenvalue weighted by Gasteiger charge is 2.17. The lowest BCUT2D eigenvalue weighted by Gasteiger charge is -2.07. The number of aromatic amines is 1. The molecule has 1 aromatic carbocycles. The predicted octanol–water partition coefficient (Wildman–Crippen LogP) is 1.90. The Morgan fingerprint density at radius 2 is 1.95 bits per heavy atom. The number of hydrogen-bond donors (Lipinski definition) is 3. The second-order valence-electron chi connectivity index (χ2n) is 5.00. The summed E-state index contributed by atoms with van der Waals surface area (Å²) in [5.74, 6) is -1.58. The third-order valence-electron chi connectivity index (χ3n) is 3.34. The van der Waals surface area contributed by atoms with Gasteiger partial charge in [-0.1, -0.05) is 12.1 Å². The number of aryl methyl sites for hydroxylation is 2. The number of hydrogen-bond acceptors (Lipinski definition) is 3. The first-order valence-corrected chi connectivity index (χ1v) is 6.55. The standard InChI is InChI=1S/C15H17N3O3/c1-8-4-5-11(6-9(8)2)12-7-13(18-17-12)14(19)16-10(3)15(20)21/h4-7,10H,1-3H3,(H,16,19)(H,17,18)(H,20,21)/t10-/m1/s1. The second-order valence-corrected chi connectivity index (χ2v) is 5.00. The van der Waals surface area contributed by atoms with Crippen molar-refractivity contribution in [3.63, 3.8) is 0 Å². The van der Waals surface area contributed by atoms with Crippen LogP contribution in [0.15, 0.2) is 24.3 Å². The maximum atomic E-state index is 11.9. The van der Waals surface area contributed by atoms with Crippen LogP contribution < -0.4 is 5.32 Å². The van der Waals surface area contributed by atoms with Crippen molar-refractivity contribution in [2.45, 2.75) is 26.8 Å². The molecular weight excluding hydrogens is 270 g/mol. The van der Waals surface area contributed by atoms with Crippen LogP contribution in [0.3, 0.4) is 0 Å². The lowest BCUT2D eigenvalue weighted by atomic mass is 10.0. The molecule has 0 fully saturated rings. The molecule has 21 heavy (non-hydrogen) atoms. The highest BCUT2D eigenvalue weighted by Crippen LogP contribution is 2.20. The Kier molecular flexibility index (Phi) is 4.07. The van der Waals surface area contributed by atoms with Crippen LogP contribution in [0.2, 0.25) is 0 Å². The van der Waals surface area contributed by atoms with Crippen LogP contribution in [0.25, 0.3) is 11.3 Å². The van der Waals surface area contributed by atoms with Crippen LogP contribution in [0.4, 0.5) is 0 Å². The number of carboxylic acids is 1. The third-order valence-corrected chi connectivity index (χ3v) is 3.34. The van der Waals surface area contributed by atoms with E-state index in [1.54, 1.807) is 6.07 Å². The molecule has 6 nitrogen and oxygen atoms in total. The largest absolute Gasteiger partial charge is 0.480 e. The van der Waals surface area contributed by atoms with Crippen LogP contribution in [0, 0.1) is 13.8 Å². The van der Waals surface area contributed by atoms with Gasteiger partial charge in [-0.2, -0.15) is 5.10 Å². The number of amides is 1. The zero-order chi connectivity index (χ0) is 15.6. The number of carboxylic acid groups (broad SMARTS) is 1. The number of rotatable bonds is 4. The van der Waals surface area contributed by atoms with Gasteiger partial charge in [-0.05, 0) is 44.0 Å². The molecule has 1 atom stereocenters. The number of H-pyrrole nitrogens is 1. The summed E-state index contributed by atoms with van der Waals surface area (Å²) in [6.45, 7) is 5.43. The van der Waals surface area contributed by atoms with E-state index in [-0.39, 0.29) is 5.69 Å². The van der Waals surface area contributed by atoms with Gasteiger partial charge >= 0.3 is 5.97 Å². The summed E-state index contributed by atoms with van der Waals surface area (Å²) in [5, 5.41) is 17.9. The Balaban J connectivity index is 2.19. The predicted molar refractivity (Wildman–Crippen MR) is 78.1 cm³/mol. The fraction of sp³-hybridized carbons (Fsp3) is 0.267. The zero-order valence-electron chi connectivity index (χ0n) is 12.1. The molecule has 0 aliphatic carbocycles. The molecular formula is C15H17N3O3. The molecule has 0 aliphatic rings. The van der Waals surface area contributed by atoms with Crippen molar-refractivity contribution in [2.24, 2.45) is 0 Å². The van der Waals surface area contributed by atoms with E-state index in [1.807, 2.05) is 32.0 Å². The molecule has 0 unspecified atom stereocenters. The Labute approximate surface area is 122 Å². The normalized spacial score (nSPS) is 12.0. The maximum absolute atomic E-state index is 11.9. The molecule has 2 rings (SSSR count). The van der Waals surface area contributed by atoms with Gasteiger partial charge in [0.2, 0.25) is 0 Å². The fourth-order valence-electron chi connectivity index (χ4n) is 1.82. The van der Waals surface area contributed by atoms with Gasteiger partial charge in [-0.15, -0.1) is 0 Å². The summed E-state index contributed by atoms with van der Waals surface area (Å²) in [6, 6.07) is 6.57. The number of carbonyl (C=O) groups excluding carboxylic acids is 1. The minimum atomic E-state index is -1.09. The van der Waals surface area contributed by atoms with Crippen molar-refractivity contribution in [3.05, 3.63) is 41.1 Å². The van der Waals surface area contributed by atoms with Gasteiger partial charge in [0.25, 0.3) is 5.91 Å². The van der Waals surface area contributed by atoms with Gasteiger partial charge < -0.3 is 10.4 Å². The average molecular weight is 287 g/mol. The molecule has 0 spiro atoms. The van der Waals surface area contributed by atoms with Crippen LogP contribution in [0.1, 0.15) is 28.5 Å². The minimum absolute atomic E-state index is 0.233. The van der Waals surface area contributed by atoms with E-state index < -0.39 is 17.9 Å². The van der Waals surface area contributed by atoms with Gasteiger partial charge in [0.15, 0.2) is 0 Å². The first-order chi connectivity index (χ1) is 9.88. The van der Waals surface area contributed by atoms with Gasteiger partial charge in [0.1, 0.15) is 11.7 Å². The number of aromatic nitrogens is 2. The summed E-state index contributed by atoms with van der Waals surface area (Å²) in [5.41, 5.74) is 4.10. The number of aliphatic carboxylic acids is 1. The number of nitrogens with zero attached hydrogens (tertiary/aromatic N) is 1. The molecule has 3 N–H and O–H groups in total. The lowest BCUT2D eigenvalue weighted by molar-refractivity contribution is -0.138. The average Bonchev–Trinajstić information content (AvgIpc) is 2.91. The Morgan fingerprint density at radius 1 is 1.24 bits per heavy atom. The number of benzene rings is 1. The van der Waals surface area contributed by atoms with E-state index in [4.69, 9.17) is 5.11 Å². The molecule has 1 aromatic heterocycles. The second kappa shape index (κ2) is 5.78. The van der Waals surface area contributed by atoms with Gasteiger partial charge in [0, 0.05) is 5.56 Å². The zero-order valence-corrected chi connectivity index (χ0v) is 12.1. The summed E-state index contributed by atoms with van der Waals surface area (Å²) >= 11 is 0.